The molecule has 2 aliphatic heterocycles. The molecule has 0 bridgehead atoms. The van der Waals surface area contributed by atoms with Crippen molar-refractivity contribution < 1.29 is 19.0 Å². The number of hydrogen-bond donors (Lipinski definition) is 1. The smallest absolute Gasteiger partial charge is 0.255 e. The standard InChI is InChI=1S/C16H19ClFNO3/c17-13-8-10(18)3-4-11(13)16(21)19-6-1-2-14(19)12-9-22-7-5-15(12)20/h3-4,8,12,14-15,20H,1-2,5-7,9H2/t12-,14-,15-/m1/s1. The molecule has 1 N–H and O–H groups in total. The van der Waals surface area contributed by atoms with Crippen molar-refractivity contribution in [3.05, 3.63) is 34.6 Å². The predicted molar refractivity (Wildman–Crippen MR) is 80.4 cm³/mol. The molecular weight excluding hydrogens is 309 g/mol. The van der Waals surface area contributed by atoms with Crippen LogP contribution in [0.4, 0.5) is 4.39 Å². The second kappa shape index (κ2) is 6.52. The molecule has 0 aromatic heterocycles. The molecule has 22 heavy (non-hydrogen) atoms. The van der Waals surface area contributed by atoms with Gasteiger partial charge in [0.2, 0.25) is 0 Å². The monoisotopic (exact) mass is 327 g/mol. The van der Waals surface area contributed by atoms with Crippen LogP contribution in [0.5, 0.6) is 0 Å². The molecule has 0 spiro atoms. The van der Waals surface area contributed by atoms with Gasteiger partial charge in [-0.2, -0.15) is 0 Å². The third kappa shape index (κ3) is 2.98. The summed E-state index contributed by atoms with van der Waals surface area (Å²) in [6.45, 7) is 1.65. The number of carbonyl (C=O) groups is 1. The molecule has 0 unspecified atom stereocenters. The Balaban J connectivity index is 1.81. The normalized spacial score (nSPS) is 28.9. The highest BCUT2D eigenvalue weighted by molar-refractivity contribution is 6.33. The fourth-order valence-corrected chi connectivity index (χ4v) is 3.67. The SMILES string of the molecule is O=C(c1ccc(F)cc1Cl)N1CCC[C@@H]1[C@H]1COCC[C@H]1O. The molecule has 0 aliphatic carbocycles. The maximum atomic E-state index is 13.1. The highest BCUT2D eigenvalue weighted by atomic mass is 35.5. The zero-order valence-corrected chi connectivity index (χ0v) is 12.9. The van der Waals surface area contributed by atoms with Crippen molar-refractivity contribution in [3.63, 3.8) is 0 Å². The van der Waals surface area contributed by atoms with Crippen LogP contribution in [-0.4, -0.2) is 47.8 Å². The number of halogens is 2. The van der Waals surface area contributed by atoms with Gasteiger partial charge in [-0.05, 0) is 37.5 Å². The zero-order valence-electron chi connectivity index (χ0n) is 12.2. The van der Waals surface area contributed by atoms with Gasteiger partial charge < -0.3 is 14.7 Å². The number of amides is 1. The fourth-order valence-electron chi connectivity index (χ4n) is 3.42. The Kier molecular flexibility index (Phi) is 4.66. The van der Waals surface area contributed by atoms with E-state index in [0.717, 1.165) is 18.9 Å². The Labute approximate surface area is 133 Å². The fraction of sp³-hybridized carbons (Fsp3) is 0.562. The van der Waals surface area contributed by atoms with Crippen molar-refractivity contribution in [2.75, 3.05) is 19.8 Å². The molecule has 3 rings (SSSR count). The Bertz CT molecular complexity index is 568. The summed E-state index contributed by atoms with van der Waals surface area (Å²) >= 11 is 6.00. The van der Waals surface area contributed by atoms with Crippen molar-refractivity contribution >= 4 is 17.5 Å². The highest BCUT2D eigenvalue weighted by Gasteiger charge is 2.40. The number of hydrogen-bond acceptors (Lipinski definition) is 3. The molecule has 2 fully saturated rings. The van der Waals surface area contributed by atoms with E-state index in [1.807, 2.05) is 0 Å². The van der Waals surface area contributed by atoms with Gasteiger partial charge in [-0.25, -0.2) is 4.39 Å². The molecule has 1 aromatic carbocycles. The van der Waals surface area contributed by atoms with Crippen molar-refractivity contribution in [3.8, 4) is 0 Å². The number of aliphatic hydroxyl groups excluding tert-OH is 1. The van der Waals surface area contributed by atoms with Crippen LogP contribution < -0.4 is 0 Å². The Hall–Kier alpha value is -1.17. The summed E-state index contributed by atoms with van der Waals surface area (Å²) in [6, 6.07) is 3.76. The van der Waals surface area contributed by atoms with Gasteiger partial charge in [-0.15, -0.1) is 0 Å². The quantitative estimate of drug-likeness (QED) is 0.908. The molecule has 2 aliphatic rings. The van der Waals surface area contributed by atoms with Gasteiger partial charge in [0.1, 0.15) is 5.82 Å². The molecule has 4 nitrogen and oxygen atoms in total. The highest BCUT2D eigenvalue weighted by Crippen LogP contribution is 2.32. The van der Waals surface area contributed by atoms with Crippen LogP contribution in [0.2, 0.25) is 5.02 Å². The van der Waals surface area contributed by atoms with Crippen LogP contribution >= 0.6 is 11.6 Å². The second-order valence-corrected chi connectivity index (χ2v) is 6.33. The summed E-state index contributed by atoms with van der Waals surface area (Å²) in [4.78, 5) is 14.5. The molecule has 6 heteroatoms. The minimum Gasteiger partial charge on any atom is -0.393 e. The van der Waals surface area contributed by atoms with E-state index in [1.54, 1.807) is 4.90 Å². The van der Waals surface area contributed by atoms with Crippen LogP contribution in [0, 0.1) is 11.7 Å². The van der Waals surface area contributed by atoms with Crippen LogP contribution in [0.15, 0.2) is 18.2 Å². The van der Waals surface area contributed by atoms with Crippen molar-refractivity contribution in [1.29, 1.82) is 0 Å². The maximum absolute atomic E-state index is 13.1. The molecule has 2 heterocycles. The maximum Gasteiger partial charge on any atom is 0.255 e. The predicted octanol–water partition coefficient (Wildman–Crippen LogP) is 2.48. The molecule has 0 radical (unpaired) electrons. The molecule has 120 valence electrons. The first-order valence-electron chi connectivity index (χ1n) is 7.60. The Morgan fingerprint density at radius 1 is 1.41 bits per heavy atom. The van der Waals surface area contributed by atoms with E-state index >= 15 is 0 Å². The summed E-state index contributed by atoms with van der Waals surface area (Å²) in [7, 11) is 0. The molecule has 1 aromatic rings. The number of carbonyl (C=O) groups excluding carboxylic acids is 1. The van der Waals surface area contributed by atoms with Crippen molar-refractivity contribution in [1.82, 2.24) is 4.90 Å². The minimum absolute atomic E-state index is 0.0519. The van der Waals surface area contributed by atoms with Gasteiger partial charge in [-0.3, -0.25) is 4.79 Å². The van der Waals surface area contributed by atoms with E-state index in [-0.39, 0.29) is 22.9 Å². The second-order valence-electron chi connectivity index (χ2n) is 5.93. The largest absolute Gasteiger partial charge is 0.393 e. The van der Waals surface area contributed by atoms with Crippen LogP contribution in [0.3, 0.4) is 0 Å². The molecular formula is C16H19ClFNO3. The summed E-state index contributed by atoms with van der Waals surface area (Å²) in [5.74, 6) is -0.736. The van der Waals surface area contributed by atoms with Gasteiger partial charge >= 0.3 is 0 Å². The van der Waals surface area contributed by atoms with Gasteiger partial charge in [-0.1, -0.05) is 11.6 Å². The van der Waals surface area contributed by atoms with Crippen LogP contribution in [0.1, 0.15) is 29.6 Å². The molecule has 1 amide bonds. The summed E-state index contributed by atoms with van der Waals surface area (Å²) in [5, 5.41) is 10.3. The number of ether oxygens (including phenoxy) is 1. The lowest BCUT2D eigenvalue weighted by atomic mass is 9.89. The lowest BCUT2D eigenvalue weighted by Crippen LogP contribution is -2.48. The van der Waals surface area contributed by atoms with E-state index in [4.69, 9.17) is 16.3 Å². The van der Waals surface area contributed by atoms with Gasteiger partial charge in [0, 0.05) is 25.1 Å². The molecule has 2 saturated heterocycles. The summed E-state index contributed by atoms with van der Waals surface area (Å²) < 4.78 is 18.6. The van der Waals surface area contributed by atoms with E-state index in [9.17, 15) is 14.3 Å². The number of rotatable bonds is 2. The molecule has 0 saturated carbocycles. The Morgan fingerprint density at radius 2 is 2.23 bits per heavy atom. The first-order valence-corrected chi connectivity index (χ1v) is 7.97. The number of nitrogens with zero attached hydrogens (tertiary/aromatic N) is 1. The van der Waals surface area contributed by atoms with Crippen molar-refractivity contribution in [2.24, 2.45) is 5.92 Å². The van der Waals surface area contributed by atoms with E-state index in [2.05, 4.69) is 0 Å². The lowest BCUT2D eigenvalue weighted by Gasteiger charge is -2.37. The van der Waals surface area contributed by atoms with Crippen LogP contribution in [0.25, 0.3) is 0 Å². The third-order valence-electron chi connectivity index (χ3n) is 4.58. The number of benzene rings is 1. The third-order valence-corrected chi connectivity index (χ3v) is 4.89. The minimum atomic E-state index is -0.462. The average Bonchev–Trinajstić information content (AvgIpc) is 2.96. The first-order chi connectivity index (χ1) is 10.6. The van der Waals surface area contributed by atoms with Gasteiger partial charge in [0.05, 0.1) is 23.3 Å². The van der Waals surface area contributed by atoms with Gasteiger partial charge in [0.15, 0.2) is 0 Å². The summed E-state index contributed by atoms with van der Waals surface area (Å²) in [6.07, 6.45) is 1.88. The number of aliphatic hydroxyl groups is 1. The van der Waals surface area contributed by atoms with E-state index in [0.29, 0.717) is 31.7 Å². The summed E-state index contributed by atoms with van der Waals surface area (Å²) in [5.41, 5.74) is 0.307. The Morgan fingerprint density at radius 3 is 2.95 bits per heavy atom. The van der Waals surface area contributed by atoms with Gasteiger partial charge in [0.25, 0.3) is 5.91 Å². The lowest BCUT2D eigenvalue weighted by molar-refractivity contribution is -0.0589. The zero-order chi connectivity index (χ0) is 15.7. The van der Waals surface area contributed by atoms with E-state index in [1.165, 1.54) is 12.1 Å². The number of likely N-dealkylation sites (tertiary alicyclic amines) is 1. The van der Waals surface area contributed by atoms with E-state index < -0.39 is 11.9 Å². The average molecular weight is 328 g/mol. The topological polar surface area (TPSA) is 49.8 Å². The molecule has 3 atom stereocenters. The van der Waals surface area contributed by atoms with Crippen LogP contribution in [-0.2, 0) is 4.74 Å². The first kappa shape index (κ1) is 15.7. The van der Waals surface area contributed by atoms with Crippen molar-refractivity contribution in [2.45, 2.75) is 31.4 Å².